The molecule has 1 heterocycles. The number of hydrogen-bond donors (Lipinski definition) is 1. The summed E-state index contributed by atoms with van der Waals surface area (Å²) in [6, 6.07) is 8.42. The molecule has 0 radical (unpaired) electrons. The summed E-state index contributed by atoms with van der Waals surface area (Å²) in [5, 5.41) is 3.21. The van der Waals surface area contributed by atoms with E-state index in [-0.39, 0.29) is 5.91 Å². The van der Waals surface area contributed by atoms with Gasteiger partial charge in [-0.15, -0.1) is 0 Å². The summed E-state index contributed by atoms with van der Waals surface area (Å²) in [5.41, 5.74) is 2.09. The number of nitrogens with zero attached hydrogens (tertiary/aromatic N) is 1. The van der Waals surface area contributed by atoms with Crippen LogP contribution in [0.25, 0.3) is 0 Å². The second-order valence-electron chi connectivity index (χ2n) is 7.24. The van der Waals surface area contributed by atoms with Gasteiger partial charge in [0.05, 0.1) is 0 Å². The van der Waals surface area contributed by atoms with Crippen molar-refractivity contribution in [1.29, 1.82) is 0 Å². The highest BCUT2D eigenvalue weighted by molar-refractivity contribution is 5.94. The highest BCUT2D eigenvalue weighted by atomic mass is 16.1. The van der Waals surface area contributed by atoms with Crippen LogP contribution in [0.15, 0.2) is 24.3 Å². The average Bonchev–Trinajstić information content (AvgIpc) is 2.54. The summed E-state index contributed by atoms with van der Waals surface area (Å²) in [5.74, 6) is 0.723. The zero-order valence-electron chi connectivity index (χ0n) is 15.0. The minimum atomic E-state index is 0.0769. The van der Waals surface area contributed by atoms with E-state index in [1.54, 1.807) is 0 Å². The Hall–Kier alpha value is -1.35. The van der Waals surface area contributed by atoms with Gasteiger partial charge in [0, 0.05) is 24.7 Å². The minimum absolute atomic E-state index is 0.0769. The predicted molar refractivity (Wildman–Crippen MR) is 96.8 cm³/mol. The predicted octanol–water partition coefficient (Wildman–Crippen LogP) is 3.88. The summed E-state index contributed by atoms with van der Waals surface area (Å²) in [6.07, 6.45) is 5.74. The van der Waals surface area contributed by atoms with Crippen LogP contribution in [0, 0.1) is 5.92 Å². The lowest BCUT2D eigenvalue weighted by Gasteiger charge is -2.32. The number of piperidine rings is 1. The molecule has 1 fully saturated rings. The molecule has 128 valence electrons. The molecule has 1 aliphatic heterocycles. The lowest BCUT2D eigenvalue weighted by Crippen LogP contribution is -2.44. The summed E-state index contributed by atoms with van der Waals surface area (Å²) >= 11 is 0. The maximum Gasteiger partial charge on any atom is 0.251 e. The summed E-state index contributed by atoms with van der Waals surface area (Å²) in [4.78, 5) is 14.9. The van der Waals surface area contributed by atoms with Crippen molar-refractivity contribution < 1.29 is 4.79 Å². The second kappa shape index (κ2) is 9.07. The highest BCUT2D eigenvalue weighted by Crippen LogP contribution is 2.13. The third kappa shape index (κ3) is 5.98. The molecule has 2 rings (SSSR count). The normalized spacial score (nSPS) is 16.7. The van der Waals surface area contributed by atoms with Crippen molar-refractivity contribution in [3.63, 3.8) is 0 Å². The van der Waals surface area contributed by atoms with E-state index in [1.807, 2.05) is 12.1 Å². The molecule has 1 aliphatic rings. The summed E-state index contributed by atoms with van der Waals surface area (Å²) < 4.78 is 0. The van der Waals surface area contributed by atoms with Gasteiger partial charge in [0.15, 0.2) is 0 Å². The molecule has 0 spiro atoms. The third-order valence-corrected chi connectivity index (χ3v) is 4.61. The Bertz CT molecular complexity index is 473. The fourth-order valence-corrected chi connectivity index (χ4v) is 3.21. The summed E-state index contributed by atoms with van der Waals surface area (Å²) in [6.45, 7) is 10.1. The zero-order valence-corrected chi connectivity index (χ0v) is 15.0. The Morgan fingerprint density at radius 2 is 1.87 bits per heavy atom. The van der Waals surface area contributed by atoms with Crippen molar-refractivity contribution in [2.45, 2.75) is 58.9 Å². The third-order valence-electron chi connectivity index (χ3n) is 4.61. The fraction of sp³-hybridized carbons (Fsp3) is 0.650. The van der Waals surface area contributed by atoms with Gasteiger partial charge in [-0.3, -0.25) is 4.79 Å². The van der Waals surface area contributed by atoms with Crippen molar-refractivity contribution in [3.8, 4) is 0 Å². The first-order chi connectivity index (χ1) is 11.1. The summed E-state index contributed by atoms with van der Waals surface area (Å²) in [7, 11) is 0. The molecule has 3 heteroatoms. The monoisotopic (exact) mass is 316 g/mol. The number of nitrogens with one attached hydrogen (secondary N) is 1. The van der Waals surface area contributed by atoms with E-state index < -0.39 is 0 Å². The lowest BCUT2D eigenvalue weighted by molar-refractivity contribution is 0.0911. The van der Waals surface area contributed by atoms with Gasteiger partial charge in [-0.25, -0.2) is 0 Å². The van der Waals surface area contributed by atoms with Gasteiger partial charge in [0.1, 0.15) is 0 Å². The van der Waals surface area contributed by atoms with Crippen LogP contribution in [-0.4, -0.2) is 36.5 Å². The molecule has 0 unspecified atom stereocenters. The molecular formula is C20H32N2O. The topological polar surface area (TPSA) is 32.3 Å². The lowest BCUT2D eigenvalue weighted by atomic mass is 10.0. The van der Waals surface area contributed by atoms with Crippen molar-refractivity contribution in [2.24, 2.45) is 5.92 Å². The molecule has 1 aromatic rings. The second-order valence-corrected chi connectivity index (χ2v) is 7.24. The molecule has 0 saturated carbocycles. The van der Waals surface area contributed by atoms with Gasteiger partial charge in [-0.1, -0.05) is 39.3 Å². The molecule has 0 aliphatic carbocycles. The van der Waals surface area contributed by atoms with Gasteiger partial charge >= 0.3 is 0 Å². The van der Waals surface area contributed by atoms with E-state index in [4.69, 9.17) is 0 Å². The number of carbonyl (C=O) groups excluding carboxylic acids is 1. The Labute approximate surface area is 141 Å². The Morgan fingerprint density at radius 1 is 1.22 bits per heavy atom. The molecule has 1 N–H and O–H groups in total. The first-order valence-corrected chi connectivity index (χ1v) is 9.20. The van der Waals surface area contributed by atoms with E-state index in [0.29, 0.717) is 12.0 Å². The molecule has 0 bridgehead atoms. The van der Waals surface area contributed by atoms with E-state index >= 15 is 0 Å². The number of unbranched alkanes of at least 4 members (excludes halogenated alkanes) is 1. The van der Waals surface area contributed by atoms with Gasteiger partial charge < -0.3 is 10.2 Å². The molecule has 23 heavy (non-hydrogen) atoms. The number of rotatable bonds is 7. The van der Waals surface area contributed by atoms with Crippen molar-refractivity contribution >= 4 is 5.91 Å². The van der Waals surface area contributed by atoms with Gasteiger partial charge in [0.25, 0.3) is 5.91 Å². The SMILES string of the molecule is CCCCN1CCC(NC(=O)c2ccc(CC(C)C)cc2)CC1. The van der Waals surface area contributed by atoms with E-state index in [9.17, 15) is 4.79 Å². The fourth-order valence-electron chi connectivity index (χ4n) is 3.21. The van der Waals surface area contributed by atoms with Crippen molar-refractivity contribution in [1.82, 2.24) is 10.2 Å². The van der Waals surface area contributed by atoms with Crippen molar-refractivity contribution in [2.75, 3.05) is 19.6 Å². The van der Waals surface area contributed by atoms with Crippen LogP contribution in [0.5, 0.6) is 0 Å². The molecule has 0 aromatic heterocycles. The Morgan fingerprint density at radius 3 is 2.43 bits per heavy atom. The largest absolute Gasteiger partial charge is 0.349 e. The van der Waals surface area contributed by atoms with Gasteiger partial charge in [-0.05, 0) is 55.8 Å². The quantitative estimate of drug-likeness (QED) is 0.828. The molecule has 1 amide bonds. The molecular weight excluding hydrogens is 284 g/mol. The van der Waals surface area contributed by atoms with E-state index in [2.05, 4.69) is 43.1 Å². The number of carbonyl (C=O) groups is 1. The number of benzene rings is 1. The van der Waals surface area contributed by atoms with Crippen molar-refractivity contribution in [3.05, 3.63) is 35.4 Å². The van der Waals surface area contributed by atoms with E-state index in [1.165, 1.54) is 24.9 Å². The van der Waals surface area contributed by atoms with Crippen LogP contribution in [0.2, 0.25) is 0 Å². The van der Waals surface area contributed by atoms with Crippen LogP contribution in [0.4, 0.5) is 0 Å². The Balaban J connectivity index is 1.78. The Kier molecular flexibility index (Phi) is 7.10. The van der Waals surface area contributed by atoms with Crippen LogP contribution < -0.4 is 5.32 Å². The maximum atomic E-state index is 12.4. The van der Waals surface area contributed by atoms with Crippen LogP contribution in [-0.2, 0) is 6.42 Å². The van der Waals surface area contributed by atoms with Crippen LogP contribution in [0.1, 0.15) is 62.4 Å². The molecule has 0 atom stereocenters. The number of likely N-dealkylation sites (tertiary alicyclic amines) is 1. The first-order valence-electron chi connectivity index (χ1n) is 9.20. The minimum Gasteiger partial charge on any atom is -0.349 e. The van der Waals surface area contributed by atoms with Crippen LogP contribution in [0.3, 0.4) is 0 Å². The number of hydrogen-bond acceptors (Lipinski definition) is 2. The smallest absolute Gasteiger partial charge is 0.251 e. The van der Waals surface area contributed by atoms with Gasteiger partial charge in [-0.2, -0.15) is 0 Å². The highest BCUT2D eigenvalue weighted by Gasteiger charge is 2.20. The molecule has 1 aromatic carbocycles. The average molecular weight is 316 g/mol. The first kappa shape index (κ1) is 18.0. The maximum absolute atomic E-state index is 12.4. The molecule has 3 nitrogen and oxygen atoms in total. The standard InChI is InChI=1S/C20H32N2O/c1-4-5-12-22-13-10-19(11-14-22)21-20(23)18-8-6-17(7-9-18)15-16(2)3/h6-9,16,19H,4-5,10-15H2,1-3H3,(H,21,23). The zero-order chi connectivity index (χ0) is 16.7. The molecule has 1 saturated heterocycles. The van der Waals surface area contributed by atoms with Gasteiger partial charge in [0.2, 0.25) is 0 Å². The van der Waals surface area contributed by atoms with Crippen LogP contribution >= 0.6 is 0 Å². The van der Waals surface area contributed by atoms with E-state index in [0.717, 1.165) is 37.9 Å². The number of amides is 1.